The molecule has 0 atom stereocenters. The fraction of sp³-hybridized carbons (Fsp3) is 0.143. The number of nitrogens with one attached hydrogen (secondary N) is 1. The van der Waals surface area contributed by atoms with Crippen LogP contribution >= 0.6 is 0 Å². The van der Waals surface area contributed by atoms with Gasteiger partial charge in [0.15, 0.2) is 0 Å². The van der Waals surface area contributed by atoms with E-state index in [1.54, 1.807) is 0 Å². The fourth-order valence-corrected chi connectivity index (χ4v) is 1.86. The number of aryl methyl sites for hydroxylation is 1. The maximum atomic E-state index is 5.33. The lowest BCUT2D eigenvalue weighted by molar-refractivity contribution is 0.741. The van der Waals surface area contributed by atoms with Gasteiger partial charge in [0.05, 0.1) is 0 Å². The molecule has 0 heterocycles. The first-order valence-corrected chi connectivity index (χ1v) is 5.39. The highest BCUT2D eigenvalue weighted by Crippen LogP contribution is 2.23. The highest BCUT2D eigenvalue weighted by molar-refractivity contribution is 5.67. The van der Waals surface area contributed by atoms with Gasteiger partial charge in [-0.1, -0.05) is 42.5 Å². The van der Waals surface area contributed by atoms with Gasteiger partial charge in [-0.15, -0.1) is 0 Å². The predicted octanol–water partition coefficient (Wildman–Crippen LogP) is 2.63. The smallest absolute Gasteiger partial charge is 0.0348 e. The third kappa shape index (κ3) is 2.30. The van der Waals surface area contributed by atoms with Crippen LogP contribution in [0.2, 0.25) is 0 Å². The van der Waals surface area contributed by atoms with Crippen molar-refractivity contribution in [1.29, 1.82) is 0 Å². The molecule has 0 bridgehead atoms. The Morgan fingerprint density at radius 3 is 2.62 bits per heavy atom. The summed E-state index contributed by atoms with van der Waals surface area (Å²) in [5.41, 5.74) is 7.69. The molecule has 0 fully saturated rings. The van der Waals surface area contributed by atoms with Gasteiger partial charge < -0.3 is 0 Å². The Hall–Kier alpha value is -1.64. The first-order chi connectivity index (χ1) is 7.81. The average Bonchev–Trinajstić information content (AvgIpc) is 2.30. The average molecular weight is 212 g/mol. The third-order valence-electron chi connectivity index (χ3n) is 2.69. The molecular weight excluding hydrogens is 196 g/mol. The van der Waals surface area contributed by atoms with Crippen molar-refractivity contribution in [2.45, 2.75) is 13.5 Å². The zero-order chi connectivity index (χ0) is 11.4. The number of nitrogens with two attached hydrogens (primary N) is 1. The maximum absolute atomic E-state index is 5.33. The Labute approximate surface area is 96.1 Å². The number of hydrogen-bond donors (Lipinski definition) is 2. The van der Waals surface area contributed by atoms with Crippen LogP contribution in [-0.4, -0.2) is 0 Å². The Morgan fingerprint density at radius 1 is 1.06 bits per heavy atom. The van der Waals surface area contributed by atoms with E-state index < -0.39 is 0 Å². The summed E-state index contributed by atoms with van der Waals surface area (Å²) < 4.78 is 0. The first kappa shape index (κ1) is 10.9. The van der Waals surface area contributed by atoms with Crippen molar-refractivity contribution >= 4 is 0 Å². The van der Waals surface area contributed by atoms with Crippen LogP contribution in [0.3, 0.4) is 0 Å². The van der Waals surface area contributed by atoms with E-state index >= 15 is 0 Å². The van der Waals surface area contributed by atoms with Crippen LogP contribution in [0.4, 0.5) is 0 Å². The lowest BCUT2D eigenvalue weighted by Crippen LogP contribution is -2.20. The third-order valence-corrected chi connectivity index (χ3v) is 2.69. The van der Waals surface area contributed by atoms with E-state index in [4.69, 9.17) is 5.84 Å². The van der Waals surface area contributed by atoms with E-state index in [9.17, 15) is 0 Å². The van der Waals surface area contributed by atoms with Crippen molar-refractivity contribution in [2.75, 3.05) is 0 Å². The topological polar surface area (TPSA) is 38.0 Å². The van der Waals surface area contributed by atoms with Gasteiger partial charge in [-0.2, -0.15) is 0 Å². The van der Waals surface area contributed by atoms with Gasteiger partial charge in [0, 0.05) is 6.54 Å². The maximum Gasteiger partial charge on any atom is 0.0348 e. The van der Waals surface area contributed by atoms with Gasteiger partial charge in [-0.25, -0.2) is 0 Å². The molecule has 82 valence electrons. The summed E-state index contributed by atoms with van der Waals surface area (Å²) in [7, 11) is 0. The molecule has 2 aromatic rings. The largest absolute Gasteiger partial charge is 0.271 e. The minimum absolute atomic E-state index is 0.694. The molecule has 0 aliphatic heterocycles. The summed E-state index contributed by atoms with van der Waals surface area (Å²) in [6.45, 7) is 2.82. The van der Waals surface area contributed by atoms with Crippen LogP contribution in [-0.2, 0) is 6.54 Å². The summed E-state index contributed by atoms with van der Waals surface area (Å²) in [6.07, 6.45) is 0. The normalized spacial score (nSPS) is 10.4. The van der Waals surface area contributed by atoms with Crippen LogP contribution in [0.15, 0.2) is 48.5 Å². The second kappa shape index (κ2) is 4.92. The molecule has 3 N–H and O–H groups in total. The SMILES string of the molecule is Cc1ccccc1-c1cccc(CNN)c1. The molecule has 0 saturated heterocycles. The standard InChI is InChI=1S/C14H16N2/c1-11-5-2-3-8-14(11)13-7-4-6-12(9-13)10-16-15/h2-9,16H,10,15H2,1H3. The Balaban J connectivity index is 2.40. The second-order valence-electron chi connectivity index (χ2n) is 3.90. The minimum Gasteiger partial charge on any atom is -0.271 e. The lowest BCUT2D eigenvalue weighted by atomic mass is 9.99. The number of benzene rings is 2. The molecule has 2 rings (SSSR count). The minimum atomic E-state index is 0.694. The fourth-order valence-electron chi connectivity index (χ4n) is 1.86. The van der Waals surface area contributed by atoms with Gasteiger partial charge in [-0.3, -0.25) is 11.3 Å². The summed E-state index contributed by atoms with van der Waals surface area (Å²) >= 11 is 0. The van der Waals surface area contributed by atoms with E-state index in [1.807, 2.05) is 0 Å². The summed E-state index contributed by atoms with van der Waals surface area (Å²) in [4.78, 5) is 0. The first-order valence-electron chi connectivity index (χ1n) is 5.39. The Kier molecular flexibility index (Phi) is 3.34. The molecule has 2 nitrogen and oxygen atoms in total. The summed E-state index contributed by atoms with van der Waals surface area (Å²) in [5.74, 6) is 5.33. The van der Waals surface area contributed by atoms with Crippen LogP contribution in [0, 0.1) is 6.92 Å². The van der Waals surface area contributed by atoms with Gasteiger partial charge in [0.25, 0.3) is 0 Å². The lowest BCUT2D eigenvalue weighted by Gasteiger charge is -2.07. The Bertz CT molecular complexity index is 478. The number of hydrogen-bond acceptors (Lipinski definition) is 2. The zero-order valence-corrected chi connectivity index (χ0v) is 9.40. The van der Waals surface area contributed by atoms with Crippen molar-refractivity contribution in [2.24, 2.45) is 5.84 Å². The molecule has 0 radical (unpaired) electrons. The van der Waals surface area contributed by atoms with Gasteiger partial charge in [-0.05, 0) is 35.2 Å². The Morgan fingerprint density at radius 2 is 1.88 bits per heavy atom. The van der Waals surface area contributed by atoms with E-state index in [0.717, 1.165) is 0 Å². The summed E-state index contributed by atoms with van der Waals surface area (Å²) in [6, 6.07) is 16.8. The zero-order valence-electron chi connectivity index (χ0n) is 9.40. The van der Waals surface area contributed by atoms with Gasteiger partial charge in [0.2, 0.25) is 0 Å². The van der Waals surface area contributed by atoms with Crippen molar-refractivity contribution in [3.63, 3.8) is 0 Å². The molecule has 0 unspecified atom stereocenters. The molecule has 2 aromatic carbocycles. The highest BCUT2D eigenvalue weighted by atomic mass is 15.2. The molecule has 2 heteroatoms. The van der Waals surface area contributed by atoms with Gasteiger partial charge in [0.1, 0.15) is 0 Å². The van der Waals surface area contributed by atoms with Crippen molar-refractivity contribution in [3.05, 3.63) is 59.7 Å². The van der Waals surface area contributed by atoms with Crippen LogP contribution in [0.1, 0.15) is 11.1 Å². The quantitative estimate of drug-likeness (QED) is 0.606. The van der Waals surface area contributed by atoms with Crippen LogP contribution in [0.5, 0.6) is 0 Å². The van der Waals surface area contributed by atoms with E-state index in [1.165, 1.54) is 22.3 Å². The summed E-state index contributed by atoms with van der Waals surface area (Å²) in [5, 5.41) is 0. The van der Waals surface area contributed by atoms with E-state index in [-0.39, 0.29) is 0 Å². The number of hydrazine groups is 1. The molecule has 0 spiro atoms. The molecule has 0 amide bonds. The van der Waals surface area contributed by atoms with Crippen LogP contribution < -0.4 is 11.3 Å². The molecule has 0 aliphatic rings. The van der Waals surface area contributed by atoms with Gasteiger partial charge >= 0.3 is 0 Å². The molecular formula is C14H16N2. The molecule has 16 heavy (non-hydrogen) atoms. The predicted molar refractivity (Wildman–Crippen MR) is 67.6 cm³/mol. The van der Waals surface area contributed by atoms with Crippen LogP contribution in [0.25, 0.3) is 11.1 Å². The van der Waals surface area contributed by atoms with E-state index in [2.05, 4.69) is 60.9 Å². The van der Waals surface area contributed by atoms with Crippen molar-refractivity contribution in [3.8, 4) is 11.1 Å². The monoisotopic (exact) mass is 212 g/mol. The van der Waals surface area contributed by atoms with Crippen molar-refractivity contribution < 1.29 is 0 Å². The molecule has 0 aromatic heterocycles. The molecule has 0 saturated carbocycles. The second-order valence-corrected chi connectivity index (χ2v) is 3.90. The highest BCUT2D eigenvalue weighted by Gasteiger charge is 2.01. The van der Waals surface area contributed by atoms with Crippen molar-refractivity contribution in [1.82, 2.24) is 5.43 Å². The molecule has 0 aliphatic carbocycles. The van der Waals surface area contributed by atoms with E-state index in [0.29, 0.717) is 6.54 Å². The number of rotatable bonds is 3.